The van der Waals surface area contributed by atoms with Crippen LogP contribution in [0.3, 0.4) is 0 Å². The molecule has 2 aliphatic rings. The number of carbonyl (C=O) groups is 1. The molecule has 0 atom stereocenters. The lowest BCUT2D eigenvalue weighted by Crippen LogP contribution is -2.41. The first-order chi connectivity index (χ1) is 18.8. The Morgan fingerprint density at radius 1 is 1.03 bits per heavy atom. The van der Waals surface area contributed by atoms with Crippen molar-refractivity contribution in [2.24, 2.45) is 0 Å². The maximum atomic E-state index is 13.3. The molecular formula is C27H29F3N4O4S. The number of aromatic nitrogens is 1. The summed E-state index contributed by atoms with van der Waals surface area (Å²) in [5, 5.41) is 5.32. The first kappa shape index (κ1) is 27.4. The van der Waals surface area contributed by atoms with Gasteiger partial charge in [-0.3, -0.25) is 14.6 Å². The lowest BCUT2D eigenvalue weighted by Gasteiger charge is -2.26. The third-order valence-corrected chi connectivity index (χ3v) is 7.30. The van der Waals surface area contributed by atoms with Gasteiger partial charge in [0.1, 0.15) is 10.7 Å². The second kappa shape index (κ2) is 12.3. The number of hydrogen-bond donors (Lipinski definition) is 1. The number of hydrogen-bond acceptors (Lipinski definition) is 8. The van der Waals surface area contributed by atoms with Gasteiger partial charge in [-0.15, -0.1) is 11.3 Å². The SMILES string of the molecule is O=C(NCCN1CCOCC1)c1csc(CN(Cc2cccc(C(F)(F)F)c2)Cc2ccc3c(c2)OCO3)n1. The molecule has 39 heavy (non-hydrogen) atoms. The van der Waals surface area contributed by atoms with E-state index in [-0.39, 0.29) is 19.2 Å². The summed E-state index contributed by atoms with van der Waals surface area (Å²) in [5.41, 5.74) is 1.10. The Balaban J connectivity index is 1.26. The molecule has 2 aromatic carbocycles. The highest BCUT2D eigenvalue weighted by atomic mass is 32.1. The second-order valence-electron chi connectivity index (χ2n) is 9.37. The molecule has 1 aromatic heterocycles. The predicted molar refractivity (Wildman–Crippen MR) is 139 cm³/mol. The highest BCUT2D eigenvalue weighted by Gasteiger charge is 2.30. The van der Waals surface area contributed by atoms with Crippen LogP contribution in [0.1, 0.15) is 32.2 Å². The van der Waals surface area contributed by atoms with Crippen molar-refractivity contribution in [3.8, 4) is 11.5 Å². The number of amides is 1. The zero-order valence-corrected chi connectivity index (χ0v) is 22.0. The van der Waals surface area contributed by atoms with Crippen LogP contribution in [-0.2, 0) is 30.5 Å². The molecular weight excluding hydrogens is 533 g/mol. The summed E-state index contributed by atoms with van der Waals surface area (Å²) in [5.74, 6) is 1.05. The van der Waals surface area contributed by atoms with Gasteiger partial charge < -0.3 is 19.5 Å². The van der Waals surface area contributed by atoms with Crippen molar-refractivity contribution in [1.29, 1.82) is 0 Å². The van der Waals surface area contributed by atoms with E-state index in [2.05, 4.69) is 15.2 Å². The van der Waals surface area contributed by atoms with Crippen molar-refractivity contribution in [3.63, 3.8) is 0 Å². The van der Waals surface area contributed by atoms with Gasteiger partial charge >= 0.3 is 6.18 Å². The van der Waals surface area contributed by atoms with E-state index in [9.17, 15) is 18.0 Å². The Morgan fingerprint density at radius 3 is 2.59 bits per heavy atom. The zero-order valence-electron chi connectivity index (χ0n) is 21.2. The molecule has 12 heteroatoms. The van der Waals surface area contributed by atoms with Crippen LogP contribution < -0.4 is 14.8 Å². The predicted octanol–water partition coefficient (Wildman–Crippen LogP) is 4.16. The third kappa shape index (κ3) is 7.47. The molecule has 1 N–H and O–H groups in total. The minimum Gasteiger partial charge on any atom is -0.454 e. The van der Waals surface area contributed by atoms with Gasteiger partial charge in [-0.2, -0.15) is 13.2 Å². The molecule has 0 unspecified atom stereocenters. The van der Waals surface area contributed by atoms with E-state index >= 15 is 0 Å². The lowest BCUT2D eigenvalue weighted by atomic mass is 10.1. The van der Waals surface area contributed by atoms with Gasteiger partial charge in [0, 0.05) is 44.6 Å². The molecule has 0 saturated carbocycles. The van der Waals surface area contributed by atoms with Crippen LogP contribution in [0.4, 0.5) is 13.2 Å². The minimum atomic E-state index is -4.42. The molecule has 5 rings (SSSR count). The number of morpholine rings is 1. The summed E-state index contributed by atoms with van der Waals surface area (Å²) in [7, 11) is 0. The number of benzene rings is 2. The van der Waals surface area contributed by atoms with Crippen molar-refractivity contribution in [1.82, 2.24) is 20.1 Å². The average Bonchev–Trinajstić information content (AvgIpc) is 3.58. The lowest BCUT2D eigenvalue weighted by molar-refractivity contribution is -0.137. The number of ether oxygens (including phenoxy) is 3. The van der Waals surface area contributed by atoms with Crippen LogP contribution in [0, 0.1) is 0 Å². The third-order valence-electron chi connectivity index (χ3n) is 6.46. The Bertz CT molecular complexity index is 1280. The molecule has 1 amide bonds. The maximum absolute atomic E-state index is 13.3. The van der Waals surface area contributed by atoms with Crippen LogP contribution in [-0.4, -0.2) is 66.9 Å². The summed E-state index contributed by atoms with van der Waals surface area (Å²) in [6, 6.07) is 10.9. The number of nitrogens with one attached hydrogen (secondary N) is 1. The Labute approximate surface area is 228 Å². The molecule has 1 fully saturated rings. The highest BCUT2D eigenvalue weighted by Crippen LogP contribution is 2.33. The van der Waals surface area contributed by atoms with E-state index < -0.39 is 11.7 Å². The first-order valence-corrected chi connectivity index (χ1v) is 13.5. The normalized spacial score (nSPS) is 15.6. The molecule has 0 radical (unpaired) electrons. The Hall–Kier alpha value is -3.19. The first-order valence-electron chi connectivity index (χ1n) is 12.6. The second-order valence-corrected chi connectivity index (χ2v) is 10.3. The number of fused-ring (bicyclic) bond motifs is 1. The highest BCUT2D eigenvalue weighted by molar-refractivity contribution is 7.09. The minimum absolute atomic E-state index is 0.156. The van der Waals surface area contributed by atoms with Gasteiger partial charge in [0.25, 0.3) is 5.91 Å². The zero-order chi connectivity index (χ0) is 27.2. The summed E-state index contributed by atoms with van der Waals surface area (Å²) >= 11 is 1.35. The molecule has 0 aliphatic carbocycles. The molecule has 8 nitrogen and oxygen atoms in total. The molecule has 3 heterocycles. The summed E-state index contributed by atoms with van der Waals surface area (Å²) in [4.78, 5) is 21.4. The van der Waals surface area contributed by atoms with E-state index in [1.165, 1.54) is 23.5 Å². The largest absolute Gasteiger partial charge is 0.454 e. The van der Waals surface area contributed by atoms with Gasteiger partial charge in [0.2, 0.25) is 6.79 Å². The van der Waals surface area contributed by atoms with E-state index in [1.807, 2.05) is 23.1 Å². The van der Waals surface area contributed by atoms with Crippen LogP contribution in [0.2, 0.25) is 0 Å². The van der Waals surface area contributed by atoms with Gasteiger partial charge in [-0.25, -0.2) is 4.98 Å². The van der Waals surface area contributed by atoms with Gasteiger partial charge in [-0.05, 0) is 29.3 Å². The Kier molecular flexibility index (Phi) is 8.66. The number of nitrogens with zero attached hydrogens (tertiary/aromatic N) is 3. The molecule has 1 saturated heterocycles. The maximum Gasteiger partial charge on any atom is 0.416 e. The van der Waals surface area contributed by atoms with Crippen LogP contribution in [0.25, 0.3) is 0 Å². The van der Waals surface area contributed by atoms with E-state index in [4.69, 9.17) is 14.2 Å². The van der Waals surface area contributed by atoms with Gasteiger partial charge in [-0.1, -0.05) is 24.3 Å². The number of carbonyl (C=O) groups excluding carboxylic acids is 1. The topological polar surface area (TPSA) is 76.2 Å². The molecule has 0 bridgehead atoms. The number of alkyl halides is 3. The molecule has 2 aliphatic heterocycles. The van der Waals surface area contributed by atoms with Crippen molar-refractivity contribution in [2.75, 3.05) is 46.2 Å². The van der Waals surface area contributed by atoms with Gasteiger partial charge in [0.05, 0.1) is 25.3 Å². The number of rotatable bonds is 10. The fourth-order valence-corrected chi connectivity index (χ4v) is 5.31. The quantitative estimate of drug-likeness (QED) is 0.398. The van der Waals surface area contributed by atoms with Crippen LogP contribution in [0.5, 0.6) is 11.5 Å². The van der Waals surface area contributed by atoms with Gasteiger partial charge in [0.15, 0.2) is 11.5 Å². The summed E-state index contributed by atoms with van der Waals surface area (Å²) in [6.45, 7) is 5.57. The van der Waals surface area contributed by atoms with Crippen molar-refractivity contribution in [3.05, 3.63) is 75.2 Å². The summed E-state index contributed by atoms with van der Waals surface area (Å²) < 4.78 is 56.1. The van der Waals surface area contributed by atoms with Crippen LogP contribution >= 0.6 is 11.3 Å². The van der Waals surface area contributed by atoms with E-state index in [0.29, 0.717) is 60.6 Å². The van der Waals surface area contributed by atoms with Crippen molar-refractivity contribution >= 4 is 17.2 Å². The number of halogens is 3. The Morgan fingerprint density at radius 2 is 1.79 bits per heavy atom. The standard InChI is InChI=1S/C27H29F3N4O4S/c28-27(29,30)21-3-1-2-19(12-21)14-34(15-20-4-5-23-24(13-20)38-18-37-23)16-25-32-22(17-39-25)26(35)31-6-7-33-8-10-36-11-9-33/h1-5,12-13,17H,6-11,14-16,18H2,(H,31,35). The van der Waals surface area contributed by atoms with E-state index in [1.54, 1.807) is 11.4 Å². The monoisotopic (exact) mass is 562 g/mol. The smallest absolute Gasteiger partial charge is 0.416 e. The number of thiazole rings is 1. The average molecular weight is 563 g/mol. The fraction of sp³-hybridized carbons (Fsp3) is 0.407. The van der Waals surface area contributed by atoms with Crippen LogP contribution in [0.15, 0.2) is 47.8 Å². The molecule has 208 valence electrons. The van der Waals surface area contributed by atoms with Crippen molar-refractivity contribution in [2.45, 2.75) is 25.8 Å². The molecule has 3 aromatic rings. The molecule has 0 spiro atoms. The summed E-state index contributed by atoms with van der Waals surface area (Å²) in [6.07, 6.45) is -4.42. The van der Waals surface area contributed by atoms with E-state index in [0.717, 1.165) is 31.3 Å². The fourth-order valence-electron chi connectivity index (χ4n) is 4.49. The van der Waals surface area contributed by atoms with Crippen molar-refractivity contribution < 1.29 is 32.2 Å².